The molecule has 0 unspecified atom stereocenters. The third-order valence-corrected chi connectivity index (χ3v) is 3.88. The second-order valence-electron chi connectivity index (χ2n) is 4.25. The van der Waals surface area contributed by atoms with Gasteiger partial charge in [-0.1, -0.05) is 29.8 Å². The van der Waals surface area contributed by atoms with E-state index in [4.69, 9.17) is 16.3 Å². The number of thioether (sulfide) groups is 1. The van der Waals surface area contributed by atoms with E-state index < -0.39 is 0 Å². The number of hydrogen-bond acceptors (Lipinski definition) is 3. The van der Waals surface area contributed by atoms with Gasteiger partial charge in [-0.15, -0.1) is 11.8 Å². The van der Waals surface area contributed by atoms with Gasteiger partial charge in [0.25, 0.3) is 0 Å². The summed E-state index contributed by atoms with van der Waals surface area (Å²) in [4.78, 5) is 12.7. The quantitative estimate of drug-likeness (QED) is 0.625. The second-order valence-corrected chi connectivity index (χ2v) is 5.74. The number of benzene rings is 2. The van der Waals surface area contributed by atoms with Gasteiger partial charge in [-0.05, 0) is 36.4 Å². The van der Waals surface area contributed by atoms with Crippen molar-refractivity contribution in [3.05, 3.63) is 59.6 Å². The van der Waals surface area contributed by atoms with Gasteiger partial charge in [0, 0.05) is 9.92 Å². The molecule has 0 saturated carbocycles. The summed E-state index contributed by atoms with van der Waals surface area (Å²) in [5, 5.41) is 3.52. The lowest BCUT2D eigenvalue weighted by molar-refractivity contribution is -0.118. The predicted octanol–water partition coefficient (Wildman–Crippen LogP) is 3.63. The SMILES string of the molecule is O=C(CSc1ccc(Cl)cc1)NCCOc1ccccc1. The van der Waals surface area contributed by atoms with Crippen LogP contribution in [-0.4, -0.2) is 24.8 Å². The Hall–Kier alpha value is -1.65. The van der Waals surface area contributed by atoms with Crippen molar-refractivity contribution < 1.29 is 9.53 Å². The zero-order valence-electron chi connectivity index (χ0n) is 11.4. The zero-order valence-corrected chi connectivity index (χ0v) is 13.0. The molecule has 0 aliphatic heterocycles. The van der Waals surface area contributed by atoms with E-state index in [0.29, 0.717) is 23.9 Å². The molecule has 0 saturated heterocycles. The van der Waals surface area contributed by atoms with Crippen LogP contribution in [0.1, 0.15) is 0 Å². The molecular formula is C16H16ClNO2S. The molecule has 110 valence electrons. The Balaban J connectivity index is 1.60. The maximum atomic E-state index is 11.7. The van der Waals surface area contributed by atoms with E-state index in [9.17, 15) is 4.79 Å². The number of nitrogens with one attached hydrogen (secondary N) is 1. The molecule has 0 spiro atoms. The number of carbonyl (C=O) groups is 1. The predicted molar refractivity (Wildman–Crippen MR) is 87.1 cm³/mol. The molecule has 0 radical (unpaired) electrons. The van der Waals surface area contributed by atoms with Crippen LogP contribution in [0.5, 0.6) is 5.75 Å². The summed E-state index contributed by atoms with van der Waals surface area (Å²) in [6.07, 6.45) is 0. The van der Waals surface area contributed by atoms with Crippen LogP contribution < -0.4 is 10.1 Å². The highest BCUT2D eigenvalue weighted by Gasteiger charge is 2.02. The van der Waals surface area contributed by atoms with Gasteiger partial charge >= 0.3 is 0 Å². The first-order valence-corrected chi connectivity index (χ1v) is 7.93. The van der Waals surface area contributed by atoms with E-state index in [1.807, 2.05) is 54.6 Å². The van der Waals surface area contributed by atoms with Crippen LogP contribution in [0.2, 0.25) is 5.02 Å². The van der Waals surface area contributed by atoms with Gasteiger partial charge in [0.2, 0.25) is 5.91 Å². The molecule has 0 aliphatic rings. The fourth-order valence-electron chi connectivity index (χ4n) is 1.61. The van der Waals surface area contributed by atoms with Crippen LogP contribution in [0, 0.1) is 0 Å². The van der Waals surface area contributed by atoms with E-state index in [2.05, 4.69) is 5.32 Å². The molecule has 3 nitrogen and oxygen atoms in total. The van der Waals surface area contributed by atoms with E-state index in [1.54, 1.807) is 0 Å². The Labute approximate surface area is 133 Å². The van der Waals surface area contributed by atoms with E-state index in [1.165, 1.54) is 11.8 Å². The summed E-state index contributed by atoms with van der Waals surface area (Å²) >= 11 is 7.29. The van der Waals surface area contributed by atoms with Gasteiger partial charge in [-0.2, -0.15) is 0 Å². The number of ether oxygens (including phenoxy) is 1. The normalized spacial score (nSPS) is 10.1. The summed E-state index contributed by atoms with van der Waals surface area (Å²) in [6, 6.07) is 17.0. The Morgan fingerprint density at radius 2 is 1.81 bits per heavy atom. The summed E-state index contributed by atoms with van der Waals surface area (Å²) in [7, 11) is 0. The molecule has 0 aliphatic carbocycles. The van der Waals surface area contributed by atoms with Gasteiger partial charge in [0.15, 0.2) is 0 Å². The smallest absolute Gasteiger partial charge is 0.230 e. The minimum Gasteiger partial charge on any atom is -0.492 e. The van der Waals surface area contributed by atoms with Crippen molar-refractivity contribution in [2.75, 3.05) is 18.9 Å². The molecule has 5 heteroatoms. The van der Waals surface area contributed by atoms with Crippen molar-refractivity contribution >= 4 is 29.3 Å². The highest BCUT2D eigenvalue weighted by atomic mass is 35.5. The number of amides is 1. The molecule has 2 rings (SSSR count). The Kier molecular flexibility index (Phi) is 6.44. The van der Waals surface area contributed by atoms with Crippen molar-refractivity contribution in [1.82, 2.24) is 5.32 Å². The number of hydrogen-bond donors (Lipinski definition) is 1. The number of halogens is 1. The molecule has 0 atom stereocenters. The van der Waals surface area contributed by atoms with Gasteiger partial charge in [-0.25, -0.2) is 0 Å². The fraction of sp³-hybridized carbons (Fsp3) is 0.188. The van der Waals surface area contributed by atoms with E-state index in [0.717, 1.165) is 10.6 Å². The van der Waals surface area contributed by atoms with Crippen LogP contribution in [-0.2, 0) is 4.79 Å². The van der Waals surface area contributed by atoms with Crippen molar-refractivity contribution in [2.24, 2.45) is 0 Å². The molecule has 0 bridgehead atoms. The molecule has 21 heavy (non-hydrogen) atoms. The van der Waals surface area contributed by atoms with Gasteiger partial charge in [-0.3, -0.25) is 4.79 Å². The first kappa shape index (κ1) is 15.7. The summed E-state index contributed by atoms with van der Waals surface area (Å²) < 4.78 is 5.50. The number of rotatable bonds is 7. The summed E-state index contributed by atoms with van der Waals surface area (Å²) in [5.74, 6) is 1.18. The maximum absolute atomic E-state index is 11.7. The third-order valence-electron chi connectivity index (χ3n) is 2.62. The first-order valence-electron chi connectivity index (χ1n) is 6.57. The minimum atomic E-state index is -0.00777. The van der Waals surface area contributed by atoms with Gasteiger partial charge < -0.3 is 10.1 Å². The lowest BCUT2D eigenvalue weighted by Gasteiger charge is -2.07. The second kappa shape index (κ2) is 8.60. The zero-order chi connectivity index (χ0) is 14.9. The van der Waals surface area contributed by atoms with Crippen LogP contribution in [0.25, 0.3) is 0 Å². The Morgan fingerprint density at radius 3 is 2.52 bits per heavy atom. The molecule has 0 heterocycles. The highest BCUT2D eigenvalue weighted by Crippen LogP contribution is 2.19. The molecule has 0 aromatic heterocycles. The Morgan fingerprint density at radius 1 is 1.10 bits per heavy atom. The number of carbonyl (C=O) groups excluding carboxylic acids is 1. The molecule has 1 amide bonds. The largest absolute Gasteiger partial charge is 0.492 e. The maximum Gasteiger partial charge on any atom is 0.230 e. The van der Waals surface area contributed by atoms with Crippen molar-refractivity contribution in [3.8, 4) is 5.75 Å². The minimum absolute atomic E-state index is 0.00777. The highest BCUT2D eigenvalue weighted by molar-refractivity contribution is 8.00. The van der Waals surface area contributed by atoms with Crippen molar-refractivity contribution in [3.63, 3.8) is 0 Å². The van der Waals surface area contributed by atoms with Gasteiger partial charge in [0.1, 0.15) is 12.4 Å². The molecule has 0 fully saturated rings. The average Bonchev–Trinajstić information content (AvgIpc) is 2.52. The lowest BCUT2D eigenvalue weighted by Crippen LogP contribution is -2.29. The topological polar surface area (TPSA) is 38.3 Å². The van der Waals surface area contributed by atoms with Crippen LogP contribution in [0.15, 0.2) is 59.5 Å². The van der Waals surface area contributed by atoms with Crippen LogP contribution in [0.3, 0.4) is 0 Å². The third kappa shape index (κ3) is 6.10. The summed E-state index contributed by atoms with van der Waals surface area (Å²) in [6.45, 7) is 0.955. The first-order chi connectivity index (χ1) is 10.2. The fourth-order valence-corrected chi connectivity index (χ4v) is 2.46. The molecule has 1 N–H and O–H groups in total. The van der Waals surface area contributed by atoms with Crippen LogP contribution in [0.4, 0.5) is 0 Å². The monoisotopic (exact) mass is 321 g/mol. The van der Waals surface area contributed by atoms with E-state index in [-0.39, 0.29) is 5.91 Å². The molecule has 2 aromatic rings. The number of para-hydroxylation sites is 1. The Bertz CT molecular complexity index is 560. The standard InChI is InChI=1S/C16H16ClNO2S/c17-13-6-8-15(9-7-13)21-12-16(19)18-10-11-20-14-4-2-1-3-5-14/h1-9H,10-12H2,(H,18,19). The summed E-state index contributed by atoms with van der Waals surface area (Å²) in [5.41, 5.74) is 0. The lowest BCUT2D eigenvalue weighted by atomic mass is 10.3. The van der Waals surface area contributed by atoms with Crippen LogP contribution >= 0.6 is 23.4 Å². The van der Waals surface area contributed by atoms with Crippen molar-refractivity contribution in [1.29, 1.82) is 0 Å². The van der Waals surface area contributed by atoms with Gasteiger partial charge in [0.05, 0.1) is 12.3 Å². The average molecular weight is 322 g/mol. The van der Waals surface area contributed by atoms with E-state index >= 15 is 0 Å². The molecule has 2 aromatic carbocycles. The van der Waals surface area contributed by atoms with Crippen molar-refractivity contribution in [2.45, 2.75) is 4.90 Å². The molecular weight excluding hydrogens is 306 g/mol.